The van der Waals surface area contributed by atoms with Crippen molar-refractivity contribution in [3.63, 3.8) is 0 Å². The second-order valence-corrected chi connectivity index (χ2v) is 7.60. The van der Waals surface area contributed by atoms with Gasteiger partial charge in [-0.25, -0.2) is 0 Å². The molecule has 6 nitrogen and oxygen atoms in total. The average Bonchev–Trinajstić information content (AvgIpc) is 2.78. The lowest BCUT2D eigenvalue weighted by molar-refractivity contribution is -0.148. The number of primary amides is 1. The zero-order valence-electron chi connectivity index (χ0n) is 17.7. The molecule has 0 heterocycles. The van der Waals surface area contributed by atoms with Crippen LogP contribution >= 0.6 is 0 Å². The number of hydrogen-bond donors (Lipinski definition) is 3. The molecule has 3 rings (SSSR count). The molecule has 1 fully saturated rings. The molecule has 3 atom stereocenters. The van der Waals surface area contributed by atoms with Crippen molar-refractivity contribution in [1.82, 2.24) is 5.32 Å². The maximum Gasteiger partial charge on any atom is 0.307 e. The number of methoxy groups -OCH3 is 1. The fraction of sp³-hybridized carbons (Fsp3) is 0.417. The zero-order valence-corrected chi connectivity index (χ0v) is 17.7. The number of ether oxygens (including phenoxy) is 1. The number of benzene rings is 2. The Bertz CT molecular complexity index is 771. The summed E-state index contributed by atoms with van der Waals surface area (Å²) in [7, 11) is 1.69. The minimum absolute atomic E-state index is 0.355. The van der Waals surface area contributed by atoms with Crippen LogP contribution in [0.3, 0.4) is 0 Å². The number of nitrogens with one attached hydrogen (secondary N) is 1. The highest BCUT2D eigenvalue weighted by molar-refractivity contribution is 5.83. The van der Waals surface area contributed by atoms with E-state index in [-0.39, 0.29) is 0 Å². The maximum atomic E-state index is 10.8. The van der Waals surface area contributed by atoms with Gasteiger partial charge in [-0.05, 0) is 43.0 Å². The van der Waals surface area contributed by atoms with Gasteiger partial charge in [-0.1, -0.05) is 55.3 Å². The first-order valence-corrected chi connectivity index (χ1v) is 10.4. The number of amides is 1. The Kier molecular flexibility index (Phi) is 9.35. The number of carbonyl (C=O) groups excluding carboxylic acids is 1. The lowest BCUT2D eigenvalue weighted by Gasteiger charge is -2.25. The van der Waals surface area contributed by atoms with Gasteiger partial charge in [-0.3, -0.25) is 9.59 Å². The maximum absolute atomic E-state index is 10.8. The highest BCUT2D eigenvalue weighted by atomic mass is 16.5. The summed E-state index contributed by atoms with van der Waals surface area (Å²) in [5.74, 6) is -1.46. The van der Waals surface area contributed by atoms with Crippen LogP contribution in [0.4, 0.5) is 0 Å². The van der Waals surface area contributed by atoms with E-state index in [0.29, 0.717) is 18.9 Å². The molecule has 1 saturated carbocycles. The van der Waals surface area contributed by atoms with E-state index in [1.54, 1.807) is 7.11 Å². The van der Waals surface area contributed by atoms with E-state index in [1.807, 2.05) is 18.2 Å². The molecular weight excluding hydrogens is 380 g/mol. The van der Waals surface area contributed by atoms with Crippen molar-refractivity contribution >= 4 is 11.9 Å². The van der Waals surface area contributed by atoms with Crippen LogP contribution in [-0.4, -0.2) is 24.1 Å². The Morgan fingerprint density at radius 2 is 1.67 bits per heavy atom. The Hall–Kier alpha value is -2.86. The van der Waals surface area contributed by atoms with E-state index in [2.05, 4.69) is 48.6 Å². The summed E-state index contributed by atoms with van der Waals surface area (Å²) >= 11 is 0. The minimum atomic E-state index is -0.890. The lowest BCUT2D eigenvalue weighted by atomic mass is 9.79. The van der Waals surface area contributed by atoms with Gasteiger partial charge < -0.3 is 20.9 Å². The molecule has 0 radical (unpaired) electrons. The Balaban J connectivity index is 0.000000232. The molecule has 0 bridgehead atoms. The van der Waals surface area contributed by atoms with Crippen LogP contribution in [0.15, 0.2) is 54.6 Å². The SMILES string of the molecule is COc1ccc(CN[C@@H](C)c2ccccc2)cc1.NC(=O)[C@H]1CCCC[C@H]1C(=O)O. The van der Waals surface area contributed by atoms with Crippen LogP contribution in [0.5, 0.6) is 5.75 Å². The van der Waals surface area contributed by atoms with Crippen LogP contribution in [-0.2, 0) is 16.1 Å². The predicted molar refractivity (Wildman–Crippen MR) is 117 cm³/mol. The Morgan fingerprint density at radius 3 is 2.17 bits per heavy atom. The molecule has 0 spiro atoms. The standard InChI is InChI=1S/C16H19NO.C8H13NO3/c1-13(15-6-4-3-5-7-15)17-12-14-8-10-16(18-2)11-9-14;9-7(10)5-3-1-2-4-6(5)8(11)12/h3-11,13,17H,12H2,1-2H3;5-6H,1-4H2,(H2,9,10)(H,11,12)/t13-;5-,6+/m00/s1. The predicted octanol–water partition coefficient (Wildman–Crippen LogP) is 3.91. The molecule has 0 saturated heterocycles. The lowest BCUT2D eigenvalue weighted by Crippen LogP contribution is -2.36. The van der Waals surface area contributed by atoms with Gasteiger partial charge in [0.15, 0.2) is 0 Å². The topological polar surface area (TPSA) is 102 Å². The number of hydrogen-bond acceptors (Lipinski definition) is 4. The monoisotopic (exact) mass is 412 g/mol. The average molecular weight is 413 g/mol. The number of nitrogens with two attached hydrogens (primary N) is 1. The summed E-state index contributed by atoms with van der Waals surface area (Å²) in [4.78, 5) is 21.5. The van der Waals surface area contributed by atoms with Crippen molar-refractivity contribution < 1.29 is 19.4 Å². The van der Waals surface area contributed by atoms with Gasteiger partial charge in [0.1, 0.15) is 5.75 Å². The summed E-state index contributed by atoms with van der Waals surface area (Å²) < 4.78 is 5.14. The molecule has 30 heavy (non-hydrogen) atoms. The van der Waals surface area contributed by atoms with Crippen LogP contribution < -0.4 is 15.8 Å². The van der Waals surface area contributed by atoms with Crippen molar-refractivity contribution in [1.29, 1.82) is 0 Å². The fourth-order valence-electron chi connectivity index (χ4n) is 3.64. The molecule has 6 heteroatoms. The Labute approximate surface area is 178 Å². The fourth-order valence-corrected chi connectivity index (χ4v) is 3.64. The van der Waals surface area contributed by atoms with Crippen molar-refractivity contribution in [3.8, 4) is 5.75 Å². The van der Waals surface area contributed by atoms with Crippen LogP contribution in [0, 0.1) is 11.8 Å². The van der Waals surface area contributed by atoms with Crippen molar-refractivity contribution in [2.75, 3.05) is 7.11 Å². The van der Waals surface area contributed by atoms with Gasteiger partial charge in [0.2, 0.25) is 5.91 Å². The first kappa shape index (κ1) is 23.4. The molecule has 2 aromatic rings. The number of carbonyl (C=O) groups is 2. The van der Waals surface area contributed by atoms with E-state index < -0.39 is 23.7 Å². The number of carboxylic acid groups (broad SMARTS) is 1. The quantitative estimate of drug-likeness (QED) is 0.640. The van der Waals surface area contributed by atoms with Crippen molar-refractivity contribution in [2.45, 2.75) is 45.2 Å². The third kappa shape index (κ3) is 7.19. The zero-order chi connectivity index (χ0) is 21.9. The molecular formula is C24H32N2O4. The van der Waals surface area contributed by atoms with E-state index in [0.717, 1.165) is 25.1 Å². The third-order valence-corrected chi connectivity index (χ3v) is 5.52. The molecule has 162 valence electrons. The minimum Gasteiger partial charge on any atom is -0.497 e. The molecule has 1 amide bonds. The van der Waals surface area contributed by atoms with E-state index >= 15 is 0 Å². The highest BCUT2D eigenvalue weighted by Gasteiger charge is 2.34. The highest BCUT2D eigenvalue weighted by Crippen LogP contribution is 2.29. The Morgan fingerprint density at radius 1 is 1.07 bits per heavy atom. The molecule has 2 aromatic carbocycles. The summed E-state index contributed by atoms with van der Waals surface area (Å²) in [6.45, 7) is 3.04. The van der Waals surface area contributed by atoms with Crippen molar-refractivity contribution in [2.24, 2.45) is 17.6 Å². The van der Waals surface area contributed by atoms with E-state index in [4.69, 9.17) is 15.6 Å². The third-order valence-electron chi connectivity index (χ3n) is 5.52. The number of rotatable bonds is 7. The first-order chi connectivity index (χ1) is 14.4. The largest absolute Gasteiger partial charge is 0.497 e. The summed E-state index contributed by atoms with van der Waals surface area (Å²) in [6.07, 6.45) is 3.02. The first-order valence-electron chi connectivity index (χ1n) is 10.4. The normalized spacial score (nSPS) is 19.1. The smallest absolute Gasteiger partial charge is 0.307 e. The molecule has 1 aliphatic rings. The van der Waals surface area contributed by atoms with Gasteiger partial charge in [0.25, 0.3) is 0 Å². The summed E-state index contributed by atoms with van der Waals surface area (Å²) in [5, 5.41) is 12.3. The van der Waals surface area contributed by atoms with Gasteiger partial charge in [-0.15, -0.1) is 0 Å². The molecule has 0 unspecified atom stereocenters. The summed E-state index contributed by atoms with van der Waals surface area (Å²) in [5.41, 5.74) is 7.67. The van der Waals surface area contributed by atoms with Gasteiger partial charge >= 0.3 is 5.97 Å². The number of carboxylic acids is 1. The van der Waals surface area contributed by atoms with Gasteiger partial charge in [0.05, 0.1) is 18.9 Å². The van der Waals surface area contributed by atoms with Crippen LogP contribution in [0.1, 0.15) is 49.8 Å². The second-order valence-electron chi connectivity index (χ2n) is 7.60. The van der Waals surface area contributed by atoms with E-state index in [9.17, 15) is 9.59 Å². The molecule has 4 N–H and O–H groups in total. The molecule has 0 aliphatic heterocycles. The second kappa shape index (κ2) is 12.0. The van der Waals surface area contributed by atoms with E-state index in [1.165, 1.54) is 11.1 Å². The van der Waals surface area contributed by atoms with Crippen LogP contribution in [0.2, 0.25) is 0 Å². The van der Waals surface area contributed by atoms with Gasteiger partial charge in [0, 0.05) is 12.6 Å². The van der Waals surface area contributed by atoms with Gasteiger partial charge in [-0.2, -0.15) is 0 Å². The van der Waals surface area contributed by atoms with Crippen molar-refractivity contribution in [3.05, 3.63) is 65.7 Å². The number of aliphatic carboxylic acids is 1. The molecule has 0 aromatic heterocycles. The summed E-state index contributed by atoms with van der Waals surface area (Å²) in [6, 6.07) is 19.0. The molecule has 1 aliphatic carbocycles. The van der Waals surface area contributed by atoms with Crippen LogP contribution in [0.25, 0.3) is 0 Å².